The van der Waals surface area contributed by atoms with Crippen molar-refractivity contribution in [1.29, 1.82) is 0 Å². The quantitative estimate of drug-likeness (QED) is 0.287. The lowest BCUT2D eigenvalue weighted by atomic mass is 9.91. The smallest absolute Gasteiger partial charge is 0.404 e. The summed E-state index contributed by atoms with van der Waals surface area (Å²) in [6, 6.07) is 17.3. The predicted molar refractivity (Wildman–Crippen MR) is 135 cm³/mol. The van der Waals surface area contributed by atoms with E-state index in [0.29, 0.717) is 29.0 Å². The van der Waals surface area contributed by atoms with Crippen LogP contribution in [0, 0.1) is 0 Å². The lowest BCUT2D eigenvalue weighted by Gasteiger charge is -2.28. The first-order valence-electron chi connectivity index (χ1n) is 11.6. The normalized spacial score (nSPS) is 17.6. The van der Waals surface area contributed by atoms with Crippen molar-refractivity contribution in [2.24, 2.45) is 0 Å². The minimum Gasteiger partial charge on any atom is -0.465 e. The zero-order chi connectivity index (χ0) is 24.2. The Bertz CT molecular complexity index is 1350. The molecule has 2 heterocycles. The topological polar surface area (TPSA) is 135 Å². The van der Waals surface area contributed by atoms with Crippen LogP contribution in [0.2, 0.25) is 0 Å². The number of anilines is 2. The maximum absolute atomic E-state index is 10.9. The van der Waals surface area contributed by atoms with Gasteiger partial charge in [0, 0.05) is 40.9 Å². The Morgan fingerprint density at radius 1 is 0.914 bits per heavy atom. The molecule has 1 aliphatic rings. The number of carboxylic acid groups (broad SMARTS) is 1. The van der Waals surface area contributed by atoms with Crippen LogP contribution in [0.4, 0.5) is 16.4 Å². The number of nitrogens with zero attached hydrogens (tertiary/aromatic N) is 3. The fraction of sp³-hybridized carbons (Fsp3) is 0.231. The van der Waals surface area contributed by atoms with Gasteiger partial charge >= 0.3 is 6.09 Å². The van der Waals surface area contributed by atoms with E-state index in [-0.39, 0.29) is 12.1 Å². The van der Waals surface area contributed by atoms with Crippen molar-refractivity contribution in [1.82, 2.24) is 20.3 Å². The minimum absolute atomic E-state index is 0.00248. The van der Waals surface area contributed by atoms with Crippen LogP contribution >= 0.6 is 0 Å². The molecular weight excluding hydrogens is 444 g/mol. The molecule has 0 saturated heterocycles. The van der Waals surface area contributed by atoms with Gasteiger partial charge in [-0.15, -0.1) is 0 Å². The molecule has 0 bridgehead atoms. The number of nitrogens with two attached hydrogens (primary N) is 1. The van der Waals surface area contributed by atoms with E-state index >= 15 is 0 Å². The molecule has 1 fully saturated rings. The maximum atomic E-state index is 10.9. The second-order valence-electron chi connectivity index (χ2n) is 8.56. The van der Waals surface area contributed by atoms with Crippen molar-refractivity contribution < 1.29 is 14.6 Å². The van der Waals surface area contributed by atoms with Crippen molar-refractivity contribution in [3.8, 4) is 22.9 Å². The van der Waals surface area contributed by atoms with E-state index in [1.54, 1.807) is 12.4 Å². The molecule has 35 heavy (non-hydrogen) atoms. The summed E-state index contributed by atoms with van der Waals surface area (Å²) in [6.07, 6.45) is 5.65. The molecule has 9 nitrogen and oxygen atoms in total. The molecule has 2 aromatic heterocycles. The third-order valence-corrected chi connectivity index (χ3v) is 6.22. The van der Waals surface area contributed by atoms with Crippen LogP contribution in [0.15, 0.2) is 67.0 Å². The van der Waals surface area contributed by atoms with Crippen molar-refractivity contribution in [3.63, 3.8) is 0 Å². The van der Waals surface area contributed by atoms with Crippen LogP contribution in [0.3, 0.4) is 0 Å². The number of carbonyl (C=O) groups is 1. The molecule has 0 atom stereocenters. The molecule has 0 spiro atoms. The number of amides is 1. The first-order valence-corrected chi connectivity index (χ1v) is 11.6. The number of aromatic nitrogens is 3. The van der Waals surface area contributed by atoms with Gasteiger partial charge in [0.25, 0.3) is 0 Å². The molecule has 2 aromatic carbocycles. The second kappa shape index (κ2) is 9.84. The lowest BCUT2D eigenvalue weighted by molar-refractivity contribution is 0.185. The predicted octanol–water partition coefficient (Wildman–Crippen LogP) is 5.06. The molecule has 0 radical (unpaired) electrons. The number of rotatable bonds is 6. The Morgan fingerprint density at radius 2 is 1.69 bits per heavy atom. The monoisotopic (exact) mass is 470 g/mol. The molecule has 1 saturated carbocycles. The number of nitrogens with one attached hydrogen (secondary N) is 2. The van der Waals surface area contributed by atoms with Crippen LogP contribution in [0.25, 0.3) is 22.0 Å². The average Bonchev–Trinajstić information content (AvgIpc) is 2.87. The fourth-order valence-corrected chi connectivity index (χ4v) is 4.47. The molecular formula is C26H26N6O3. The van der Waals surface area contributed by atoms with Gasteiger partial charge in [-0.3, -0.25) is 0 Å². The van der Waals surface area contributed by atoms with Gasteiger partial charge < -0.3 is 26.2 Å². The summed E-state index contributed by atoms with van der Waals surface area (Å²) in [4.78, 5) is 24.4. The standard InChI is InChI=1S/C26H26N6O3/c27-21-11-12-23(19-5-2-1-4-18(19)21)35-24-20(6-3-14-28-24)22-13-15-29-25(32-22)30-16-7-9-17(10-8-16)31-26(33)34/h1-6,11-17,31H,7-10,27H2,(H,33,34)(H,29,30,32). The van der Waals surface area contributed by atoms with Gasteiger partial charge in [-0.25, -0.2) is 19.7 Å². The van der Waals surface area contributed by atoms with E-state index < -0.39 is 6.09 Å². The molecule has 9 heteroatoms. The van der Waals surface area contributed by atoms with Gasteiger partial charge in [-0.1, -0.05) is 24.3 Å². The first-order chi connectivity index (χ1) is 17.1. The largest absolute Gasteiger partial charge is 0.465 e. The Hall–Kier alpha value is -4.40. The first kappa shape index (κ1) is 22.4. The van der Waals surface area contributed by atoms with Crippen LogP contribution in [0.5, 0.6) is 11.6 Å². The zero-order valence-electron chi connectivity index (χ0n) is 19.0. The highest BCUT2D eigenvalue weighted by atomic mass is 16.5. The number of pyridine rings is 1. The molecule has 4 aromatic rings. The van der Waals surface area contributed by atoms with Gasteiger partial charge in [0.15, 0.2) is 0 Å². The summed E-state index contributed by atoms with van der Waals surface area (Å²) < 4.78 is 6.26. The third-order valence-electron chi connectivity index (χ3n) is 6.22. The SMILES string of the molecule is Nc1ccc(Oc2ncccc2-c2ccnc(NC3CCC(NC(=O)O)CC3)n2)c2ccccc12. The van der Waals surface area contributed by atoms with Gasteiger partial charge in [0.2, 0.25) is 11.8 Å². The van der Waals surface area contributed by atoms with Crippen molar-refractivity contribution in [2.75, 3.05) is 11.1 Å². The molecule has 5 N–H and O–H groups in total. The van der Waals surface area contributed by atoms with Gasteiger partial charge in [-0.2, -0.15) is 0 Å². The summed E-state index contributed by atoms with van der Waals surface area (Å²) in [6.45, 7) is 0. The van der Waals surface area contributed by atoms with E-state index in [9.17, 15) is 4.79 Å². The third kappa shape index (κ3) is 5.08. The van der Waals surface area contributed by atoms with E-state index in [4.69, 9.17) is 20.6 Å². The number of hydrogen-bond donors (Lipinski definition) is 4. The highest BCUT2D eigenvalue weighted by Gasteiger charge is 2.23. The minimum atomic E-state index is -0.973. The van der Waals surface area contributed by atoms with E-state index in [0.717, 1.165) is 42.0 Å². The molecule has 5 rings (SSSR count). The van der Waals surface area contributed by atoms with Crippen LogP contribution < -0.4 is 21.1 Å². The summed E-state index contributed by atoms with van der Waals surface area (Å²) in [5.74, 6) is 1.62. The van der Waals surface area contributed by atoms with Crippen LogP contribution in [-0.4, -0.2) is 38.2 Å². The Morgan fingerprint density at radius 3 is 2.49 bits per heavy atom. The number of ether oxygens (including phenoxy) is 1. The summed E-state index contributed by atoms with van der Waals surface area (Å²) >= 11 is 0. The van der Waals surface area contributed by atoms with Crippen molar-refractivity contribution in [3.05, 3.63) is 67.0 Å². The highest BCUT2D eigenvalue weighted by Crippen LogP contribution is 2.36. The summed E-state index contributed by atoms with van der Waals surface area (Å²) in [7, 11) is 0. The maximum Gasteiger partial charge on any atom is 0.404 e. The number of nitrogen functional groups attached to an aromatic ring is 1. The zero-order valence-corrected chi connectivity index (χ0v) is 19.0. The van der Waals surface area contributed by atoms with Crippen LogP contribution in [0.1, 0.15) is 25.7 Å². The Kier molecular flexibility index (Phi) is 6.30. The number of hydrogen-bond acceptors (Lipinski definition) is 7. The van der Waals surface area contributed by atoms with E-state index in [1.165, 1.54) is 0 Å². The van der Waals surface area contributed by atoms with Gasteiger partial charge in [-0.05, 0) is 56.0 Å². The fourth-order valence-electron chi connectivity index (χ4n) is 4.47. The lowest BCUT2D eigenvalue weighted by Crippen LogP contribution is -2.39. The highest BCUT2D eigenvalue weighted by molar-refractivity contribution is 5.97. The van der Waals surface area contributed by atoms with E-state index in [2.05, 4.69) is 20.6 Å². The van der Waals surface area contributed by atoms with Crippen molar-refractivity contribution >= 4 is 28.5 Å². The molecule has 178 valence electrons. The molecule has 0 unspecified atom stereocenters. The second-order valence-corrected chi connectivity index (χ2v) is 8.56. The van der Waals surface area contributed by atoms with E-state index in [1.807, 2.05) is 54.6 Å². The Balaban J connectivity index is 1.36. The number of fused-ring (bicyclic) bond motifs is 1. The molecule has 1 amide bonds. The summed E-state index contributed by atoms with van der Waals surface area (Å²) in [5.41, 5.74) is 8.26. The van der Waals surface area contributed by atoms with Gasteiger partial charge in [0.1, 0.15) is 5.75 Å². The average molecular weight is 471 g/mol. The summed E-state index contributed by atoms with van der Waals surface area (Å²) in [5, 5.41) is 16.7. The number of benzene rings is 2. The molecule has 0 aliphatic heterocycles. The van der Waals surface area contributed by atoms with Crippen LogP contribution in [-0.2, 0) is 0 Å². The molecule has 1 aliphatic carbocycles. The van der Waals surface area contributed by atoms with Crippen molar-refractivity contribution in [2.45, 2.75) is 37.8 Å². The van der Waals surface area contributed by atoms with Gasteiger partial charge in [0.05, 0.1) is 11.3 Å². The Labute approximate surface area is 202 Å².